The second kappa shape index (κ2) is 7.28. The van der Waals surface area contributed by atoms with Crippen molar-refractivity contribution in [1.82, 2.24) is 4.90 Å². The summed E-state index contributed by atoms with van der Waals surface area (Å²) in [4.78, 5) is 15.1. The van der Waals surface area contributed by atoms with Crippen molar-refractivity contribution in [1.29, 1.82) is 0 Å². The van der Waals surface area contributed by atoms with Crippen molar-refractivity contribution in [2.24, 2.45) is 0 Å². The van der Waals surface area contributed by atoms with E-state index in [1.807, 2.05) is 35.2 Å². The number of nitrogens with zero attached hydrogens (tertiary/aromatic N) is 1. The van der Waals surface area contributed by atoms with E-state index in [0.717, 1.165) is 17.7 Å². The third-order valence-corrected chi connectivity index (χ3v) is 10.5. The lowest BCUT2D eigenvalue weighted by molar-refractivity contribution is -0.124. The Balaban J connectivity index is 1.87. The van der Waals surface area contributed by atoms with Gasteiger partial charge < -0.3 is 14.1 Å². The first kappa shape index (κ1) is 19.9. The molecule has 27 heavy (non-hydrogen) atoms. The zero-order valence-electron chi connectivity index (χ0n) is 17.1. The lowest BCUT2D eigenvalue weighted by Gasteiger charge is -2.38. The van der Waals surface area contributed by atoms with Crippen LogP contribution in [-0.4, -0.2) is 44.4 Å². The van der Waals surface area contributed by atoms with E-state index in [1.54, 1.807) is 6.08 Å². The number of hydrogen-bond acceptors (Lipinski definition) is 3. The van der Waals surface area contributed by atoms with E-state index in [9.17, 15) is 4.79 Å². The second-order valence-electron chi connectivity index (χ2n) is 8.91. The van der Waals surface area contributed by atoms with E-state index in [1.165, 1.54) is 0 Å². The minimum absolute atomic E-state index is 0.0394. The maximum Gasteiger partial charge on any atom is 0.258 e. The van der Waals surface area contributed by atoms with Gasteiger partial charge in [-0.2, -0.15) is 0 Å². The highest BCUT2D eigenvalue weighted by molar-refractivity contribution is 6.74. The Morgan fingerprint density at radius 1 is 1.26 bits per heavy atom. The van der Waals surface area contributed by atoms with Gasteiger partial charge in [-0.3, -0.25) is 4.79 Å². The van der Waals surface area contributed by atoms with E-state index in [-0.39, 0.29) is 23.1 Å². The molecule has 2 aliphatic heterocycles. The molecular formula is C22H31NO3Si. The summed E-state index contributed by atoms with van der Waals surface area (Å²) >= 11 is 0. The van der Waals surface area contributed by atoms with Crippen LogP contribution in [0.3, 0.4) is 0 Å². The number of hydrogen-bond donors (Lipinski definition) is 0. The molecule has 0 unspecified atom stereocenters. The summed E-state index contributed by atoms with van der Waals surface area (Å²) in [5.74, 6) is 0.819. The highest BCUT2D eigenvalue weighted by atomic mass is 28.4. The van der Waals surface area contributed by atoms with Crippen LogP contribution in [0.1, 0.15) is 32.8 Å². The number of carbonyl (C=O) groups excluding carboxylic acids is 1. The molecule has 0 saturated carbocycles. The molecule has 1 aromatic carbocycles. The topological polar surface area (TPSA) is 38.8 Å². The van der Waals surface area contributed by atoms with E-state index >= 15 is 0 Å². The molecule has 2 aliphatic rings. The van der Waals surface area contributed by atoms with Gasteiger partial charge in [0.1, 0.15) is 12.4 Å². The van der Waals surface area contributed by atoms with Crippen LogP contribution in [0.2, 0.25) is 18.1 Å². The molecule has 3 rings (SSSR count). The van der Waals surface area contributed by atoms with Crippen LogP contribution in [0.25, 0.3) is 5.57 Å². The van der Waals surface area contributed by atoms with Crippen LogP contribution in [0, 0.1) is 0 Å². The fraction of sp³-hybridized carbons (Fsp3) is 0.500. The molecule has 0 N–H and O–H groups in total. The lowest BCUT2D eigenvalue weighted by atomic mass is 10.0. The highest BCUT2D eigenvalue weighted by Crippen LogP contribution is 2.43. The van der Waals surface area contributed by atoms with E-state index in [0.29, 0.717) is 18.7 Å². The van der Waals surface area contributed by atoms with Crippen LogP contribution >= 0.6 is 0 Å². The second-order valence-corrected chi connectivity index (χ2v) is 13.7. The zero-order chi connectivity index (χ0) is 19.8. The Labute approximate surface area is 164 Å². The Hall–Kier alpha value is -1.85. The van der Waals surface area contributed by atoms with E-state index in [4.69, 9.17) is 9.16 Å². The summed E-state index contributed by atoms with van der Waals surface area (Å²) in [6.07, 6.45) is 2.59. The fourth-order valence-electron chi connectivity index (χ4n) is 3.55. The number of carbonyl (C=O) groups is 1. The number of rotatable bonds is 6. The molecule has 0 radical (unpaired) electrons. The predicted molar refractivity (Wildman–Crippen MR) is 112 cm³/mol. The van der Waals surface area contributed by atoms with Crippen LogP contribution in [-0.2, 0) is 14.0 Å². The first-order chi connectivity index (χ1) is 12.7. The van der Waals surface area contributed by atoms with Crippen molar-refractivity contribution in [2.75, 3.05) is 13.2 Å². The van der Waals surface area contributed by atoms with Crippen LogP contribution < -0.4 is 0 Å². The van der Waals surface area contributed by atoms with Crippen molar-refractivity contribution in [3.8, 4) is 0 Å². The Morgan fingerprint density at radius 3 is 2.52 bits per heavy atom. The quantitative estimate of drug-likeness (QED) is 0.530. The maximum atomic E-state index is 13.2. The first-order valence-electron chi connectivity index (χ1n) is 9.68. The molecule has 5 heteroatoms. The summed E-state index contributed by atoms with van der Waals surface area (Å²) in [6.45, 7) is 16.0. The number of benzene rings is 1. The van der Waals surface area contributed by atoms with Crippen LogP contribution in [0.4, 0.5) is 0 Å². The molecular weight excluding hydrogens is 354 g/mol. The Bertz CT molecular complexity index is 749. The molecule has 2 atom stereocenters. The summed E-state index contributed by atoms with van der Waals surface area (Å²) in [5, 5.41) is 0.150. The van der Waals surface area contributed by atoms with Gasteiger partial charge in [-0.1, -0.05) is 63.8 Å². The van der Waals surface area contributed by atoms with Gasteiger partial charge in [0.15, 0.2) is 8.32 Å². The van der Waals surface area contributed by atoms with Crippen LogP contribution in [0.15, 0.2) is 48.7 Å². The minimum Gasteiger partial charge on any atom is -0.491 e. The molecule has 0 bridgehead atoms. The van der Waals surface area contributed by atoms with Gasteiger partial charge in [0.05, 0.1) is 17.7 Å². The van der Waals surface area contributed by atoms with Gasteiger partial charge in [0.25, 0.3) is 5.91 Å². The smallest absolute Gasteiger partial charge is 0.258 e. The van der Waals surface area contributed by atoms with Crippen molar-refractivity contribution >= 4 is 19.8 Å². The number of amides is 1. The third kappa shape index (κ3) is 3.76. The predicted octanol–water partition coefficient (Wildman–Crippen LogP) is 4.61. The summed E-state index contributed by atoms with van der Waals surface area (Å²) < 4.78 is 12.6. The van der Waals surface area contributed by atoms with Gasteiger partial charge in [-0.05, 0) is 23.7 Å². The molecule has 1 saturated heterocycles. The standard InChI is InChI=1S/C22H31NO3Si/c1-7-13-25-20-18-14-17(26-27(5,6)22(2,3)4)15-23(18)21(24)19(20)16-11-9-8-10-12-16/h7-12,17-18H,1,13-15H2,2-6H3/t17-,18+/m1/s1. The molecule has 146 valence electrons. The number of fused-ring (bicyclic) bond motifs is 1. The summed E-state index contributed by atoms with van der Waals surface area (Å²) in [5.41, 5.74) is 1.60. The van der Waals surface area contributed by atoms with Gasteiger partial charge >= 0.3 is 0 Å². The Kier molecular flexibility index (Phi) is 5.37. The van der Waals surface area contributed by atoms with Gasteiger partial charge in [0.2, 0.25) is 0 Å². The molecule has 1 amide bonds. The SMILES string of the molecule is C=CCOC1=C(c2ccccc2)C(=O)N2C[C@H](O[Si](C)(C)C(C)(C)C)C[C@@H]12. The normalized spacial score (nSPS) is 23.0. The minimum atomic E-state index is -1.88. The third-order valence-electron chi connectivity index (χ3n) is 5.97. The molecule has 1 fully saturated rings. The molecule has 0 spiro atoms. The van der Waals surface area contributed by atoms with Crippen molar-refractivity contribution in [3.63, 3.8) is 0 Å². The van der Waals surface area contributed by atoms with Gasteiger partial charge in [0, 0.05) is 13.0 Å². The monoisotopic (exact) mass is 385 g/mol. The summed E-state index contributed by atoms with van der Waals surface area (Å²) in [6, 6.07) is 9.76. The van der Waals surface area contributed by atoms with E-state index in [2.05, 4.69) is 40.4 Å². The molecule has 0 aliphatic carbocycles. The first-order valence-corrected chi connectivity index (χ1v) is 12.6. The highest BCUT2D eigenvalue weighted by Gasteiger charge is 2.49. The summed E-state index contributed by atoms with van der Waals surface area (Å²) in [7, 11) is -1.88. The number of ether oxygens (including phenoxy) is 1. The largest absolute Gasteiger partial charge is 0.491 e. The fourth-order valence-corrected chi connectivity index (χ4v) is 4.91. The molecule has 4 nitrogen and oxygen atoms in total. The average Bonchev–Trinajstić information content (AvgIpc) is 3.10. The Morgan fingerprint density at radius 2 is 1.93 bits per heavy atom. The molecule has 0 aromatic heterocycles. The molecule has 1 aromatic rings. The zero-order valence-corrected chi connectivity index (χ0v) is 18.1. The van der Waals surface area contributed by atoms with Crippen LogP contribution in [0.5, 0.6) is 0 Å². The average molecular weight is 386 g/mol. The lowest BCUT2D eigenvalue weighted by Crippen LogP contribution is -2.44. The van der Waals surface area contributed by atoms with Crippen molar-refractivity contribution in [3.05, 3.63) is 54.3 Å². The van der Waals surface area contributed by atoms with Gasteiger partial charge in [-0.15, -0.1) is 0 Å². The van der Waals surface area contributed by atoms with Crippen molar-refractivity contribution in [2.45, 2.75) is 57.5 Å². The molecule has 2 heterocycles. The van der Waals surface area contributed by atoms with Crippen molar-refractivity contribution < 1.29 is 14.0 Å². The van der Waals surface area contributed by atoms with E-state index < -0.39 is 8.32 Å². The van der Waals surface area contributed by atoms with Gasteiger partial charge in [-0.25, -0.2) is 0 Å². The maximum absolute atomic E-state index is 13.2.